The van der Waals surface area contributed by atoms with Crippen LogP contribution in [0.1, 0.15) is 19.4 Å². The van der Waals surface area contributed by atoms with Crippen molar-refractivity contribution in [2.45, 2.75) is 32.6 Å². The number of nitrogens with one attached hydrogen (secondary N) is 1. The van der Waals surface area contributed by atoms with E-state index in [4.69, 9.17) is 4.74 Å². The van der Waals surface area contributed by atoms with Crippen LogP contribution in [0.3, 0.4) is 0 Å². The standard InChI is InChI=1S/C12H15BrF3NO/c1-8(2)17-6-9-4-3-5-10(13)11(9)18-7-12(14,15)16/h3-5,8,17H,6-7H2,1-2H3. The van der Waals surface area contributed by atoms with Crippen molar-refractivity contribution in [2.75, 3.05) is 6.61 Å². The van der Waals surface area contributed by atoms with Crippen molar-refractivity contribution in [1.29, 1.82) is 0 Å². The molecule has 0 fully saturated rings. The van der Waals surface area contributed by atoms with Crippen molar-refractivity contribution in [2.24, 2.45) is 0 Å². The summed E-state index contributed by atoms with van der Waals surface area (Å²) in [4.78, 5) is 0. The lowest BCUT2D eigenvalue weighted by Crippen LogP contribution is -2.23. The Morgan fingerprint density at radius 1 is 1.33 bits per heavy atom. The van der Waals surface area contributed by atoms with E-state index in [0.29, 0.717) is 16.6 Å². The number of rotatable bonds is 5. The molecule has 1 rings (SSSR count). The summed E-state index contributed by atoms with van der Waals surface area (Å²) in [6, 6.07) is 5.41. The highest BCUT2D eigenvalue weighted by Crippen LogP contribution is 2.30. The first kappa shape index (κ1) is 15.3. The summed E-state index contributed by atoms with van der Waals surface area (Å²) in [7, 11) is 0. The monoisotopic (exact) mass is 325 g/mol. The smallest absolute Gasteiger partial charge is 0.422 e. The molecule has 0 atom stereocenters. The van der Waals surface area contributed by atoms with Crippen LogP contribution in [0.5, 0.6) is 5.75 Å². The Hall–Kier alpha value is -0.750. The van der Waals surface area contributed by atoms with Crippen LogP contribution in [0.25, 0.3) is 0 Å². The summed E-state index contributed by atoms with van der Waals surface area (Å²) < 4.78 is 41.9. The average molecular weight is 326 g/mol. The molecule has 0 amide bonds. The van der Waals surface area contributed by atoms with Crippen LogP contribution < -0.4 is 10.1 Å². The zero-order chi connectivity index (χ0) is 13.8. The van der Waals surface area contributed by atoms with E-state index in [1.54, 1.807) is 18.2 Å². The molecule has 0 aliphatic rings. The van der Waals surface area contributed by atoms with Gasteiger partial charge in [0.2, 0.25) is 0 Å². The number of benzene rings is 1. The zero-order valence-electron chi connectivity index (χ0n) is 10.1. The highest BCUT2D eigenvalue weighted by Gasteiger charge is 2.29. The number of alkyl halides is 3. The van der Waals surface area contributed by atoms with Crippen molar-refractivity contribution >= 4 is 15.9 Å². The fraction of sp³-hybridized carbons (Fsp3) is 0.500. The molecule has 1 aromatic carbocycles. The Morgan fingerprint density at radius 2 is 2.00 bits per heavy atom. The molecule has 0 spiro atoms. The van der Waals surface area contributed by atoms with Crippen LogP contribution >= 0.6 is 15.9 Å². The second-order valence-corrected chi connectivity index (χ2v) is 5.02. The third-order valence-electron chi connectivity index (χ3n) is 2.13. The Bertz CT molecular complexity index is 393. The Balaban J connectivity index is 2.80. The summed E-state index contributed by atoms with van der Waals surface area (Å²) >= 11 is 3.20. The lowest BCUT2D eigenvalue weighted by Gasteiger charge is -2.16. The summed E-state index contributed by atoms with van der Waals surface area (Å²) in [5.74, 6) is 0.239. The predicted octanol–water partition coefficient (Wildman–Crippen LogP) is 3.89. The molecule has 0 unspecified atom stereocenters. The summed E-state index contributed by atoms with van der Waals surface area (Å²) in [5, 5.41) is 3.14. The normalized spacial score (nSPS) is 11.9. The summed E-state index contributed by atoms with van der Waals surface area (Å²) in [5.41, 5.74) is 0.697. The molecule has 2 nitrogen and oxygen atoms in total. The van der Waals surface area contributed by atoms with Crippen LogP contribution in [0.2, 0.25) is 0 Å². The van der Waals surface area contributed by atoms with Crippen LogP contribution in [0, 0.1) is 0 Å². The maximum Gasteiger partial charge on any atom is 0.422 e. The topological polar surface area (TPSA) is 21.3 Å². The van der Waals surface area contributed by atoms with Gasteiger partial charge in [0.15, 0.2) is 6.61 Å². The van der Waals surface area contributed by atoms with Gasteiger partial charge in [-0.15, -0.1) is 0 Å². The molecule has 0 radical (unpaired) electrons. The second-order valence-electron chi connectivity index (χ2n) is 4.17. The molecule has 6 heteroatoms. The number of hydrogen-bond donors (Lipinski definition) is 1. The molecule has 102 valence electrons. The van der Waals surface area contributed by atoms with E-state index >= 15 is 0 Å². The molecule has 0 bridgehead atoms. The zero-order valence-corrected chi connectivity index (χ0v) is 11.7. The largest absolute Gasteiger partial charge is 0.483 e. The van der Waals surface area contributed by atoms with Gasteiger partial charge in [-0.25, -0.2) is 0 Å². The molecular weight excluding hydrogens is 311 g/mol. The number of halogens is 4. The van der Waals surface area contributed by atoms with Crippen LogP contribution in [-0.2, 0) is 6.54 Å². The second kappa shape index (κ2) is 6.43. The molecule has 0 saturated heterocycles. The molecule has 0 aliphatic heterocycles. The fourth-order valence-corrected chi connectivity index (χ4v) is 1.84. The Labute approximate surface area is 113 Å². The number of para-hydroxylation sites is 1. The molecule has 0 aromatic heterocycles. The first-order valence-electron chi connectivity index (χ1n) is 5.50. The molecular formula is C12H15BrF3NO. The molecule has 0 saturated carbocycles. The van der Waals surface area contributed by atoms with Gasteiger partial charge >= 0.3 is 6.18 Å². The molecule has 18 heavy (non-hydrogen) atoms. The Kier molecular flexibility index (Phi) is 5.47. The highest BCUT2D eigenvalue weighted by atomic mass is 79.9. The molecule has 1 aromatic rings. The van der Waals surface area contributed by atoms with Crippen molar-refractivity contribution in [3.05, 3.63) is 28.2 Å². The quantitative estimate of drug-likeness (QED) is 0.886. The van der Waals surface area contributed by atoms with Gasteiger partial charge in [0.1, 0.15) is 5.75 Å². The van der Waals surface area contributed by atoms with E-state index in [1.165, 1.54) is 0 Å². The lowest BCUT2D eigenvalue weighted by atomic mass is 10.2. The molecule has 1 N–H and O–H groups in total. The average Bonchev–Trinajstić information content (AvgIpc) is 2.23. The summed E-state index contributed by atoms with van der Waals surface area (Å²) in [6.45, 7) is 3.11. The SMILES string of the molecule is CC(C)NCc1cccc(Br)c1OCC(F)(F)F. The van der Waals surface area contributed by atoms with Crippen molar-refractivity contribution in [3.8, 4) is 5.75 Å². The first-order chi connectivity index (χ1) is 8.29. The van der Waals surface area contributed by atoms with Gasteiger partial charge < -0.3 is 10.1 Å². The van der Waals surface area contributed by atoms with E-state index in [-0.39, 0.29) is 11.8 Å². The highest BCUT2D eigenvalue weighted by molar-refractivity contribution is 9.10. The maximum atomic E-state index is 12.2. The van der Waals surface area contributed by atoms with Crippen LogP contribution in [0.15, 0.2) is 22.7 Å². The van der Waals surface area contributed by atoms with E-state index < -0.39 is 12.8 Å². The van der Waals surface area contributed by atoms with E-state index in [9.17, 15) is 13.2 Å². The van der Waals surface area contributed by atoms with E-state index in [2.05, 4.69) is 21.2 Å². The predicted molar refractivity (Wildman–Crippen MR) is 67.7 cm³/mol. The fourth-order valence-electron chi connectivity index (χ4n) is 1.32. The number of ether oxygens (including phenoxy) is 1. The van der Waals surface area contributed by atoms with Gasteiger partial charge in [-0.2, -0.15) is 13.2 Å². The van der Waals surface area contributed by atoms with Crippen LogP contribution in [0.4, 0.5) is 13.2 Å². The van der Waals surface area contributed by atoms with E-state index in [1.807, 2.05) is 13.8 Å². The third-order valence-corrected chi connectivity index (χ3v) is 2.75. The molecule has 0 heterocycles. The molecule has 0 aliphatic carbocycles. The van der Waals surface area contributed by atoms with Gasteiger partial charge in [-0.1, -0.05) is 26.0 Å². The minimum Gasteiger partial charge on any atom is -0.483 e. The van der Waals surface area contributed by atoms with Gasteiger partial charge in [-0.3, -0.25) is 0 Å². The number of hydrogen-bond acceptors (Lipinski definition) is 2. The lowest BCUT2D eigenvalue weighted by molar-refractivity contribution is -0.153. The Morgan fingerprint density at radius 3 is 2.56 bits per heavy atom. The van der Waals surface area contributed by atoms with Crippen molar-refractivity contribution < 1.29 is 17.9 Å². The van der Waals surface area contributed by atoms with E-state index in [0.717, 1.165) is 0 Å². The van der Waals surface area contributed by atoms with Gasteiger partial charge in [0, 0.05) is 18.2 Å². The maximum absolute atomic E-state index is 12.2. The minimum atomic E-state index is -4.34. The van der Waals surface area contributed by atoms with Crippen molar-refractivity contribution in [1.82, 2.24) is 5.32 Å². The van der Waals surface area contributed by atoms with Gasteiger partial charge in [0.05, 0.1) is 4.47 Å². The minimum absolute atomic E-state index is 0.239. The third kappa shape index (κ3) is 5.27. The van der Waals surface area contributed by atoms with Crippen molar-refractivity contribution in [3.63, 3.8) is 0 Å². The van der Waals surface area contributed by atoms with Gasteiger partial charge in [0.25, 0.3) is 0 Å². The first-order valence-corrected chi connectivity index (χ1v) is 6.29. The van der Waals surface area contributed by atoms with Crippen LogP contribution in [-0.4, -0.2) is 18.8 Å². The van der Waals surface area contributed by atoms with Gasteiger partial charge in [-0.05, 0) is 22.0 Å². The summed E-state index contributed by atoms with van der Waals surface area (Å²) in [6.07, 6.45) is -4.34.